The highest BCUT2D eigenvalue weighted by atomic mass is 19.1. The van der Waals surface area contributed by atoms with Gasteiger partial charge in [0.1, 0.15) is 29.5 Å². The van der Waals surface area contributed by atoms with Gasteiger partial charge >= 0.3 is 0 Å². The number of amides is 1. The first-order chi connectivity index (χ1) is 21.9. The van der Waals surface area contributed by atoms with E-state index in [1.54, 1.807) is 30.5 Å². The molecule has 0 aliphatic heterocycles. The second-order valence-electron chi connectivity index (χ2n) is 9.89. The third kappa shape index (κ3) is 6.45. The second-order valence-corrected chi connectivity index (χ2v) is 9.89. The minimum Gasteiger partial charge on any atom is -0.492 e. The summed E-state index contributed by atoms with van der Waals surface area (Å²) in [5.74, 6) is -3.27. The van der Waals surface area contributed by atoms with Crippen molar-refractivity contribution in [3.8, 4) is 28.4 Å². The number of nitrogens with one attached hydrogen (secondary N) is 3. The molecule has 6 aromatic rings. The van der Waals surface area contributed by atoms with Crippen molar-refractivity contribution in [1.82, 2.24) is 24.7 Å². The maximum absolute atomic E-state index is 14.2. The van der Waals surface area contributed by atoms with Crippen molar-refractivity contribution in [2.24, 2.45) is 0 Å². The summed E-state index contributed by atoms with van der Waals surface area (Å²) in [5, 5.41) is 8.46. The Hall–Kier alpha value is -5.75. The van der Waals surface area contributed by atoms with Gasteiger partial charge in [0.25, 0.3) is 5.91 Å². The molecule has 0 unspecified atom stereocenters. The Morgan fingerprint density at radius 3 is 2.56 bits per heavy atom. The van der Waals surface area contributed by atoms with Crippen molar-refractivity contribution >= 4 is 28.9 Å². The SMILES string of the molecule is CNCCOc1cccc(Nc2nccc(-c3c(-c4cccc(C(=O)Nc5c(F)cc(F)cc5F)c4)nc4ccccn34)n2)c1. The minimum atomic E-state index is -1.22. The number of pyridine rings is 1. The summed E-state index contributed by atoms with van der Waals surface area (Å²) in [6.07, 6.45) is 3.47. The average Bonchev–Trinajstić information content (AvgIpc) is 3.43. The van der Waals surface area contributed by atoms with Crippen LogP contribution in [0, 0.1) is 17.5 Å². The number of anilines is 3. The summed E-state index contributed by atoms with van der Waals surface area (Å²) in [4.78, 5) is 27.0. The number of imidazole rings is 1. The monoisotopic (exact) mass is 609 g/mol. The van der Waals surface area contributed by atoms with Gasteiger partial charge in [0.15, 0.2) is 11.6 Å². The van der Waals surface area contributed by atoms with Gasteiger partial charge in [-0.15, -0.1) is 0 Å². The molecule has 6 rings (SSSR count). The van der Waals surface area contributed by atoms with Crippen molar-refractivity contribution in [1.29, 1.82) is 0 Å². The van der Waals surface area contributed by atoms with E-state index < -0.39 is 29.0 Å². The molecule has 45 heavy (non-hydrogen) atoms. The van der Waals surface area contributed by atoms with Crippen molar-refractivity contribution in [2.75, 3.05) is 30.8 Å². The third-order valence-electron chi connectivity index (χ3n) is 6.78. The Balaban J connectivity index is 1.33. The van der Waals surface area contributed by atoms with Crippen molar-refractivity contribution in [3.05, 3.63) is 120 Å². The van der Waals surface area contributed by atoms with Gasteiger partial charge in [-0.25, -0.2) is 28.1 Å². The molecule has 3 aromatic heterocycles. The molecule has 0 spiro atoms. The minimum absolute atomic E-state index is 0.112. The zero-order chi connectivity index (χ0) is 31.3. The van der Waals surface area contributed by atoms with Crippen molar-refractivity contribution < 1.29 is 22.7 Å². The first-order valence-electron chi connectivity index (χ1n) is 13.9. The number of carbonyl (C=O) groups is 1. The van der Waals surface area contributed by atoms with Crippen LogP contribution in [0.3, 0.4) is 0 Å². The molecule has 0 atom stereocenters. The van der Waals surface area contributed by atoms with Gasteiger partial charge in [0.2, 0.25) is 5.95 Å². The maximum Gasteiger partial charge on any atom is 0.255 e. The zero-order valence-electron chi connectivity index (χ0n) is 23.9. The van der Waals surface area contributed by atoms with Crippen LogP contribution in [0.4, 0.5) is 30.5 Å². The second kappa shape index (κ2) is 12.9. The van der Waals surface area contributed by atoms with Crippen LogP contribution in [0.5, 0.6) is 5.75 Å². The van der Waals surface area contributed by atoms with Crippen LogP contribution in [-0.4, -0.2) is 45.5 Å². The number of halogens is 3. The Labute approximate surface area is 255 Å². The molecule has 0 aliphatic carbocycles. The molecule has 9 nitrogen and oxygen atoms in total. The Morgan fingerprint density at radius 2 is 1.73 bits per heavy atom. The fourth-order valence-corrected chi connectivity index (χ4v) is 4.71. The number of likely N-dealkylation sites (N-methyl/N-ethyl adjacent to an activating group) is 1. The number of hydrogen-bond donors (Lipinski definition) is 3. The van der Waals surface area contributed by atoms with Crippen LogP contribution < -0.4 is 20.7 Å². The number of fused-ring (bicyclic) bond motifs is 1. The molecule has 3 aromatic carbocycles. The highest BCUT2D eigenvalue weighted by Gasteiger charge is 2.20. The molecule has 0 bridgehead atoms. The van der Waals surface area contributed by atoms with Crippen LogP contribution in [0.25, 0.3) is 28.3 Å². The van der Waals surface area contributed by atoms with Gasteiger partial charge in [-0.1, -0.05) is 24.3 Å². The highest BCUT2D eigenvalue weighted by molar-refractivity contribution is 6.05. The molecular weight excluding hydrogens is 583 g/mol. The highest BCUT2D eigenvalue weighted by Crippen LogP contribution is 2.33. The number of benzene rings is 3. The van der Waals surface area contributed by atoms with Crippen LogP contribution >= 0.6 is 0 Å². The van der Waals surface area contributed by atoms with E-state index in [1.807, 2.05) is 60.1 Å². The topological polar surface area (TPSA) is 105 Å². The van der Waals surface area contributed by atoms with E-state index in [0.717, 1.165) is 5.69 Å². The molecule has 3 heterocycles. The van der Waals surface area contributed by atoms with Crippen molar-refractivity contribution in [3.63, 3.8) is 0 Å². The summed E-state index contributed by atoms with van der Waals surface area (Å²) in [5.41, 5.74) is 2.99. The van der Waals surface area contributed by atoms with E-state index in [2.05, 4.69) is 20.9 Å². The molecule has 0 saturated heterocycles. The molecular formula is C33H26F3N7O2. The van der Waals surface area contributed by atoms with Crippen LogP contribution in [0.1, 0.15) is 10.4 Å². The molecule has 12 heteroatoms. The predicted molar refractivity (Wildman–Crippen MR) is 165 cm³/mol. The van der Waals surface area contributed by atoms with E-state index >= 15 is 0 Å². The number of ether oxygens (including phenoxy) is 1. The number of hydrogen-bond acceptors (Lipinski definition) is 7. The van der Waals surface area contributed by atoms with Crippen LogP contribution in [0.15, 0.2) is 97.3 Å². The molecule has 1 amide bonds. The van der Waals surface area contributed by atoms with E-state index in [4.69, 9.17) is 14.7 Å². The maximum atomic E-state index is 14.2. The average molecular weight is 610 g/mol. The predicted octanol–water partition coefficient (Wildman–Crippen LogP) is 6.47. The van der Waals surface area contributed by atoms with Crippen LogP contribution in [0.2, 0.25) is 0 Å². The van der Waals surface area contributed by atoms with E-state index in [1.165, 1.54) is 6.07 Å². The van der Waals surface area contributed by atoms with Gasteiger partial charge in [-0.05, 0) is 49.5 Å². The first-order valence-corrected chi connectivity index (χ1v) is 13.9. The third-order valence-corrected chi connectivity index (χ3v) is 6.78. The van der Waals surface area contributed by atoms with E-state index in [9.17, 15) is 18.0 Å². The Kier molecular flexibility index (Phi) is 8.38. The Morgan fingerprint density at radius 1 is 0.911 bits per heavy atom. The molecule has 0 fully saturated rings. The molecule has 0 aliphatic rings. The lowest BCUT2D eigenvalue weighted by Gasteiger charge is -2.11. The summed E-state index contributed by atoms with van der Waals surface area (Å²) < 4.78 is 49.4. The van der Waals surface area contributed by atoms with E-state index in [0.29, 0.717) is 65.3 Å². The number of aromatic nitrogens is 4. The van der Waals surface area contributed by atoms with E-state index in [-0.39, 0.29) is 5.56 Å². The first kappa shape index (κ1) is 29.3. The van der Waals surface area contributed by atoms with Gasteiger partial charge in [0.05, 0.1) is 17.1 Å². The lowest BCUT2D eigenvalue weighted by Crippen LogP contribution is -2.15. The van der Waals surface area contributed by atoms with Gasteiger partial charge in [-0.2, -0.15) is 0 Å². The quantitative estimate of drug-likeness (QED) is 0.153. The fraction of sp³-hybridized carbons (Fsp3) is 0.0909. The summed E-state index contributed by atoms with van der Waals surface area (Å²) in [6, 6.07) is 22.2. The Bertz CT molecular complexity index is 1990. The largest absolute Gasteiger partial charge is 0.492 e. The molecule has 0 saturated carbocycles. The molecule has 0 radical (unpaired) electrons. The lowest BCUT2D eigenvalue weighted by molar-refractivity contribution is 0.102. The number of rotatable bonds is 10. The molecule has 3 N–H and O–H groups in total. The number of nitrogens with zero attached hydrogens (tertiary/aromatic N) is 4. The van der Waals surface area contributed by atoms with Gasteiger partial charge in [0, 0.05) is 54.0 Å². The summed E-state index contributed by atoms with van der Waals surface area (Å²) in [6.45, 7) is 1.23. The normalized spacial score (nSPS) is 11.0. The fourth-order valence-electron chi connectivity index (χ4n) is 4.71. The van der Waals surface area contributed by atoms with Crippen LogP contribution in [-0.2, 0) is 0 Å². The van der Waals surface area contributed by atoms with Gasteiger partial charge < -0.3 is 20.7 Å². The zero-order valence-corrected chi connectivity index (χ0v) is 23.9. The van der Waals surface area contributed by atoms with Gasteiger partial charge in [-0.3, -0.25) is 9.20 Å². The smallest absolute Gasteiger partial charge is 0.255 e. The standard InChI is InChI=1S/C33H26F3N7O2/c1-37-13-15-45-24-9-5-8-23(19-24)39-33-38-12-11-27(40-33)31-29(41-28-10-2-3-14-43(28)31)20-6-4-7-21(16-20)32(44)42-30-25(35)17-22(34)18-26(30)36/h2-12,14,16-19,37H,13,15H2,1H3,(H,42,44)(H,38,39,40). The molecule has 226 valence electrons. The van der Waals surface area contributed by atoms with Crippen molar-refractivity contribution in [2.45, 2.75) is 0 Å². The summed E-state index contributed by atoms with van der Waals surface area (Å²) >= 11 is 0. The number of carbonyl (C=O) groups excluding carboxylic acids is 1. The summed E-state index contributed by atoms with van der Waals surface area (Å²) in [7, 11) is 1.86. The lowest BCUT2D eigenvalue weighted by atomic mass is 10.0.